The molecule has 0 spiro atoms. The van der Waals surface area contributed by atoms with Crippen molar-refractivity contribution in [1.29, 1.82) is 0 Å². The molecule has 2 aromatic rings. The zero-order chi connectivity index (χ0) is 13.1. The molecule has 8 heteroatoms. The Balaban J connectivity index is 2.06. The third-order valence-electron chi connectivity index (χ3n) is 2.18. The second-order valence-corrected chi connectivity index (χ2v) is 5.49. The van der Waals surface area contributed by atoms with Gasteiger partial charge in [-0.05, 0) is 6.92 Å². The lowest BCUT2D eigenvalue weighted by molar-refractivity contribution is 0.0594. The van der Waals surface area contributed by atoms with Crippen molar-refractivity contribution in [2.45, 2.75) is 13.5 Å². The molecule has 0 aliphatic carbocycles. The smallest absolute Gasteiger partial charge is 0.357 e. The number of carbonyl (C=O) groups is 1. The van der Waals surface area contributed by atoms with Gasteiger partial charge in [-0.2, -0.15) is 0 Å². The lowest BCUT2D eigenvalue weighted by Crippen LogP contribution is -2.05. The number of rotatable bonds is 4. The summed E-state index contributed by atoms with van der Waals surface area (Å²) in [6.07, 6.45) is 0. The van der Waals surface area contributed by atoms with Gasteiger partial charge in [0.1, 0.15) is 0 Å². The molecule has 0 bridgehead atoms. The molecule has 0 unspecified atom stereocenters. The first-order valence-corrected chi connectivity index (χ1v) is 6.76. The summed E-state index contributed by atoms with van der Waals surface area (Å²) in [5.41, 5.74) is 1.11. The first-order valence-electron chi connectivity index (χ1n) is 5.06. The van der Waals surface area contributed by atoms with E-state index in [1.807, 2.05) is 6.92 Å². The topological polar surface area (TPSA) is 84.1 Å². The van der Waals surface area contributed by atoms with Gasteiger partial charge in [0.05, 0.1) is 13.7 Å². The van der Waals surface area contributed by atoms with Crippen LogP contribution in [0.5, 0.6) is 0 Å². The van der Waals surface area contributed by atoms with Crippen LogP contribution in [0.25, 0.3) is 0 Å². The molecular weight excluding hydrogens is 274 g/mol. The third kappa shape index (κ3) is 2.77. The van der Waals surface area contributed by atoms with Gasteiger partial charge in [-0.1, -0.05) is 11.3 Å². The number of esters is 1. The minimum Gasteiger partial charge on any atom is -0.464 e. The van der Waals surface area contributed by atoms with Crippen LogP contribution >= 0.6 is 22.7 Å². The highest BCUT2D eigenvalue weighted by molar-refractivity contribution is 7.15. The van der Waals surface area contributed by atoms with E-state index in [-0.39, 0.29) is 4.87 Å². The molecule has 6 nitrogen and oxygen atoms in total. The predicted octanol–water partition coefficient (Wildman–Crippen LogP) is 1.60. The van der Waals surface area contributed by atoms with Crippen molar-refractivity contribution < 1.29 is 9.53 Å². The molecule has 2 rings (SSSR count). The van der Waals surface area contributed by atoms with Crippen LogP contribution in [0.2, 0.25) is 0 Å². The van der Waals surface area contributed by atoms with Crippen LogP contribution in [0.4, 0.5) is 5.13 Å². The molecule has 0 fully saturated rings. The first kappa shape index (κ1) is 12.8. The lowest BCUT2D eigenvalue weighted by atomic mass is 10.4. The third-order valence-corrected chi connectivity index (χ3v) is 3.82. The van der Waals surface area contributed by atoms with Crippen LogP contribution in [0, 0.1) is 6.92 Å². The standard InChI is InChI=1S/C10H11N3O3S2/c1-5-7(8(14)16-2)13-9(18-5)11-3-6-4-17-10(15)12-6/h4H,3H2,1-2H3,(H,11,13)(H,12,15). The van der Waals surface area contributed by atoms with Crippen LogP contribution in [-0.2, 0) is 11.3 Å². The molecular formula is C10H11N3O3S2. The fourth-order valence-electron chi connectivity index (χ4n) is 1.33. The SMILES string of the molecule is COC(=O)c1nc(NCc2csc(=O)[nH]2)sc1C. The van der Waals surface area contributed by atoms with Gasteiger partial charge in [-0.15, -0.1) is 11.3 Å². The van der Waals surface area contributed by atoms with Crippen molar-refractivity contribution in [1.82, 2.24) is 9.97 Å². The molecule has 0 atom stereocenters. The Kier molecular flexibility index (Phi) is 3.78. The average molecular weight is 285 g/mol. The molecule has 0 amide bonds. The number of aryl methyl sites for hydroxylation is 1. The summed E-state index contributed by atoms with van der Waals surface area (Å²) in [4.78, 5) is 29.9. The van der Waals surface area contributed by atoms with Gasteiger partial charge in [-0.3, -0.25) is 4.79 Å². The number of hydrogen-bond acceptors (Lipinski definition) is 7. The summed E-state index contributed by atoms with van der Waals surface area (Å²) in [5, 5.41) is 5.42. The van der Waals surface area contributed by atoms with Gasteiger partial charge in [0.25, 0.3) is 0 Å². The fraction of sp³-hybridized carbons (Fsp3) is 0.300. The number of hydrogen-bond donors (Lipinski definition) is 2. The van der Waals surface area contributed by atoms with Gasteiger partial charge >= 0.3 is 10.8 Å². The van der Waals surface area contributed by atoms with Crippen LogP contribution in [0.3, 0.4) is 0 Å². The predicted molar refractivity (Wildman–Crippen MR) is 70.5 cm³/mol. The number of nitrogens with zero attached hydrogens (tertiary/aromatic N) is 1. The highest BCUT2D eigenvalue weighted by Gasteiger charge is 2.15. The Morgan fingerprint density at radius 3 is 3.00 bits per heavy atom. The van der Waals surface area contributed by atoms with Gasteiger partial charge in [0.15, 0.2) is 10.8 Å². The van der Waals surface area contributed by atoms with Gasteiger partial charge in [0, 0.05) is 16.0 Å². The highest BCUT2D eigenvalue weighted by Crippen LogP contribution is 2.22. The monoisotopic (exact) mass is 285 g/mol. The van der Waals surface area contributed by atoms with E-state index in [0.29, 0.717) is 17.4 Å². The summed E-state index contributed by atoms with van der Waals surface area (Å²) < 4.78 is 4.63. The summed E-state index contributed by atoms with van der Waals surface area (Å²) in [5.74, 6) is -0.444. The molecule has 0 radical (unpaired) electrons. The van der Waals surface area contributed by atoms with E-state index in [2.05, 4.69) is 20.0 Å². The molecule has 0 saturated carbocycles. The first-order chi connectivity index (χ1) is 8.60. The van der Waals surface area contributed by atoms with Gasteiger partial charge < -0.3 is 15.0 Å². The quantitative estimate of drug-likeness (QED) is 0.834. The molecule has 2 heterocycles. The normalized spacial score (nSPS) is 10.3. The Morgan fingerprint density at radius 2 is 2.39 bits per heavy atom. The van der Waals surface area contributed by atoms with Crippen LogP contribution in [0.15, 0.2) is 10.2 Å². The van der Waals surface area contributed by atoms with E-state index >= 15 is 0 Å². The molecule has 0 aliphatic rings. The Labute approximate surface area is 111 Å². The molecule has 0 aliphatic heterocycles. The Morgan fingerprint density at radius 1 is 1.61 bits per heavy atom. The second kappa shape index (κ2) is 5.32. The number of thiazole rings is 2. The average Bonchev–Trinajstić information content (AvgIpc) is 2.92. The fourth-order valence-corrected chi connectivity index (χ4v) is 2.71. The van der Waals surface area contributed by atoms with Gasteiger partial charge in [-0.25, -0.2) is 9.78 Å². The van der Waals surface area contributed by atoms with Crippen LogP contribution in [-0.4, -0.2) is 23.0 Å². The maximum absolute atomic E-state index is 11.4. The molecule has 0 saturated heterocycles. The number of ether oxygens (including phenoxy) is 1. The Hall–Kier alpha value is -1.67. The number of H-pyrrole nitrogens is 1. The number of aromatic nitrogens is 2. The second-order valence-electron chi connectivity index (χ2n) is 3.44. The van der Waals surface area contributed by atoms with Crippen molar-refractivity contribution in [2.24, 2.45) is 0 Å². The lowest BCUT2D eigenvalue weighted by Gasteiger charge is -1.98. The van der Waals surface area contributed by atoms with Gasteiger partial charge in [0.2, 0.25) is 0 Å². The van der Waals surface area contributed by atoms with Crippen molar-refractivity contribution in [3.8, 4) is 0 Å². The largest absolute Gasteiger partial charge is 0.464 e. The number of anilines is 1. The summed E-state index contributed by atoms with van der Waals surface area (Å²) in [6.45, 7) is 2.27. The van der Waals surface area contributed by atoms with Crippen molar-refractivity contribution in [3.05, 3.63) is 31.3 Å². The molecule has 0 aromatic carbocycles. The van der Waals surface area contributed by atoms with E-state index in [1.165, 1.54) is 18.4 Å². The molecule has 2 aromatic heterocycles. The van der Waals surface area contributed by atoms with Crippen molar-refractivity contribution in [3.63, 3.8) is 0 Å². The van der Waals surface area contributed by atoms with E-state index in [9.17, 15) is 9.59 Å². The zero-order valence-electron chi connectivity index (χ0n) is 9.77. The van der Waals surface area contributed by atoms with E-state index in [4.69, 9.17) is 0 Å². The summed E-state index contributed by atoms with van der Waals surface area (Å²) in [6, 6.07) is 0. The molecule has 2 N–H and O–H groups in total. The summed E-state index contributed by atoms with van der Waals surface area (Å²) >= 11 is 2.49. The van der Waals surface area contributed by atoms with E-state index in [0.717, 1.165) is 21.9 Å². The van der Waals surface area contributed by atoms with Crippen LogP contribution < -0.4 is 10.2 Å². The van der Waals surface area contributed by atoms with Crippen molar-refractivity contribution >= 4 is 33.8 Å². The minimum absolute atomic E-state index is 0.0858. The molecule has 96 valence electrons. The number of nitrogens with one attached hydrogen (secondary N) is 2. The van der Waals surface area contributed by atoms with Crippen molar-refractivity contribution in [2.75, 3.05) is 12.4 Å². The van der Waals surface area contributed by atoms with Crippen LogP contribution in [0.1, 0.15) is 21.1 Å². The highest BCUT2D eigenvalue weighted by atomic mass is 32.1. The minimum atomic E-state index is -0.444. The maximum atomic E-state index is 11.4. The number of carbonyl (C=O) groups excluding carboxylic acids is 1. The maximum Gasteiger partial charge on any atom is 0.357 e. The summed E-state index contributed by atoms with van der Waals surface area (Å²) in [7, 11) is 1.32. The zero-order valence-corrected chi connectivity index (χ0v) is 11.4. The number of aromatic amines is 1. The molecule has 18 heavy (non-hydrogen) atoms. The van der Waals surface area contributed by atoms with E-state index in [1.54, 1.807) is 5.38 Å². The number of methoxy groups -OCH3 is 1. The van der Waals surface area contributed by atoms with E-state index < -0.39 is 5.97 Å². The Bertz CT molecular complexity index is 614.